The van der Waals surface area contributed by atoms with Gasteiger partial charge in [0.2, 0.25) is 5.91 Å². The van der Waals surface area contributed by atoms with E-state index in [1.807, 2.05) is 29.6 Å². The van der Waals surface area contributed by atoms with E-state index in [4.69, 9.17) is 11.6 Å². The molecule has 3 nitrogen and oxygen atoms in total. The first-order valence-corrected chi connectivity index (χ1v) is 7.43. The van der Waals surface area contributed by atoms with Crippen LogP contribution in [0.5, 0.6) is 0 Å². The number of amides is 1. The third-order valence-corrected chi connectivity index (χ3v) is 4.60. The number of nitrogens with zero attached hydrogens (tertiary/aromatic N) is 1. The minimum atomic E-state index is -0.434. The van der Waals surface area contributed by atoms with Crippen LogP contribution in [0.25, 0.3) is 0 Å². The van der Waals surface area contributed by atoms with E-state index in [0.29, 0.717) is 10.2 Å². The molecule has 0 atom stereocenters. The van der Waals surface area contributed by atoms with Gasteiger partial charge in [0.25, 0.3) is 0 Å². The van der Waals surface area contributed by atoms with Gasteiger partial charge >= 0.3 is 0 Å². The van der Waals surface area contributed by atoms with E-state index in [-0.39, 0.29) is 5.91 Å². The molecule has 5 heteroatoms. The van der Waals surface area contributed by atoms with Gasteiger partial charge in [0.1, 0.15) is 0 Å². The molecule has 1 aliphatic rings. The topological polar surface area (TPSA) is 42.0 Å². The second-order valence-corrected chi connectivity index (χ2v) is 6.07. The molecular weight excluding hydrogens is 280 g/mol. The first-order valence-electron chi connectivity index (χ1n) is 6.18. The number of hydrogen-bond acceptors (Lipinski definition) is 3. The summed E-state index contributed by atoms with van der Waals surface area (Å²) in [4.78, 5) is 16.6. The normalized spacial score (nSPS) is 16.7. The minimum Gasteiger partial charge on any atom is -0.301 e. The van der Waals surface area contributed by atoms with Crippen LogP contribution < -0.4 is 5.32 Å². The molecule has 1 aliphatic carbocycles. The van der Waals surface area contributed by atoms with Crippen molar-refractivity contribution in [1.29, 1.82) is 0 Å². The number of aromatic nitrogens is 1. The highest BCUT2D eigenvalue weighted by Crippen LogP contribution is 2.45. The Morgan fingerprint density at radius 2 is 2.26 bits per heavy atom. The molecule has 1 aromatic heterocycles. The number of halogens is 1. The molecule has 1 fully saturated rings. The Morgan fingerprint density at radius 1 is 1.42 bits per heavy atom. The van der Waals surface area contributed by atoms with Crippen molar-refractivity contribution in [1.82, 2.24) is 4.98 Å². The highest BCUT2D eigenvalue weighted by atomic mass is 35.5. The van der Waals surface area contributed by atoms with Crippen molar-refractivity contribution in [2.45, 2.75) is 24.7 Å². The van der Waals surface area contributed by atoms with Gasteiger partial charge in [0.15, 0.2) is 5.13 Å². The number of rotatable bonds is 3. The van der Waals surface area contributed by atoms with E-state index >= 15 is 0 Å². The molecule has 1 amide bonds. The molecule has 1 aromatic carbocycles. The van der Waals surface area contributed by atoms with Crippen LogP contribution in [-0.2, 0) is 10.2 Å². The molecule has 0 bridgehead atoms. The summed E-state index contributed by atoms with van der Waals surface area (Å²) in [5.41, 5.74) is 0.566. The van der Waals surface area contributed by atoms with Gasteiger partial charge < -0.3 is 5.32 Å². The number of carbonyl (C=O) groups excluding carboxylic acids is 1. The fraction of sp³-hybridized carbons (Fsp3) is 0.286. The summed E-state index contributed by atoms with van der Waals surface area (Å²) in [6.07, 6.45) is 4.49. The van der Waals surface area contributed by atoms with E-state index in [0.717, 1.165) is 24.8 Å². The Morgan fingerprint density at radius 3 is 2.84 bits per heavy atom. The van der Waals surface area contributed by atoms with Gasteiger partial charge in [-0.05, 0) is 30.5 Å². The van der Waals surface area contributed by atoms with E-state index in [9.17, 15) is 4.79 Å². The van der Waals surface area contributed by atoms with Crippen LogP contribution in [0.2, 0.25) is 5.02 Å². The fourth-order valence-electron chi connectivity index (χ4n) is 2.47. The SMILES string of the molecule is O=C(Nc1nccs1)C1(c2cccc(Cl)c2)CCC1. The minimum absolute atomic E-state index is 0.0240. The van der Waals surface area contributed by atoms with Crippen molar-refractivity contribution in [3.05, 3.63) is 46.4 Å². The van der Waals surface area contributed by atoms with Crippen molar-refractivity contribution >= 4 is 34.0 Å². The molecule has 1 heterocycles. The Kier molecular flexibility index (Phi) is 3.29. The van der Waals surface area contributed by atoms with Crippen molar-refractivity contribution in [3.63, 3.8) is 0 Å². The van der Waals surface area contributed by atoms with Crippen molar-refractivity contribution in [2.75, 3.05) is 5.32 Å². The largest absolute Gasteiger partial charge is 0.301 e. The average Bonchev–Trinajstić information content (AvgIpc) is 2.80. The third kappa shape index (κ3) is 2.26. The van der Waals surface area contributed by atoms with E-state index in [1.165, 1.54) is 11.3 Å². The molecule has 3 rings (SSSR count). The Labute approximate surface area is 120 Å². The lowest BCUT2D eigenvalue weighted by molar-refractivity contribution is -0.124. The van der Waals surface area contributed by atoms with Gasteiger partial charge in [0, 0.05) is 16.6 Å². The second-order valence-electron chi connectivity index (χ2n) is 4.74. The number of hydrogen-bond donors (Lipinski definition) is 1. The lowest BCUT2D eigenvalue weighted by Crippen LogP contribution is -2.46. The summed E-state index contributed by atoms with van der Waals surface area (Å²) >= 11 is 7.47. The Balaban J connectivity index is 1.88. The van der Waals surface area contributed by atoms with Gasteiger partial charge in [-0.1, -0.05) is 30.2 Å². The van der Waals surface area contributed by atoms with E-state index in [2.05, 4.69) is 10.3 Å². The van der Waals surface area contributed by atoms with E-state index in [1.54, 1.807) is 6.20 Å². The van der Waals surface area contributed by atoms with Crippen LogP contribution in [0.15, 0.2) is 35.8 Å². The first-order chi connectivity index (χ1) is 9.21. The smallest absolute Gasteiger partial charge is 0.236 e. The van der Waals surface area contributed by atoms with Crippen LogP contribution in [0.3, 0.4) is 0 Å². The maximum Gasteiger partial charge on any atom is 0.236 e. The van der Waals surface area contributed by atoms with E-state index < -0.39 is 5.41 Å². The lowest BCUT2D eigenvalue weighted by Gasteiger charge is -2.40. The molecule has 0 aliphatic heterocycles. The summed E-state index contributed by atoms with van der Waals surface area (Å²) in [7, 11) is 0. The zero-order valence-corrected chi connectivity index (χ0v) is 11.8. The number of thiazole rings is 1. The molecule has 98 valence electrons. The molecular formula is C14H13ClN2OS. The number of benzene rings is 1. The van der Waals surface area contributed by atoms with Gasteiger partial charge in [-0.3, -0.25) is 4.79 Å². The van der Waals surface area contributed by atoms with Crippen LogP contribution >= 0.6 is 22.9 Å². The molecule has 1 saturated carbocycles. The van der Waals surface area contributed by atoms with Crippen molar-refractivity contribution < 1.29 is 4.79 Å². The van der Waals surface area contributed by atoms with Crippen LogP contribution in [0.4, 0.5) is 5.13 Å². The zero-order valence-electron chi connectivity index (χ0n) is 10.2. The van der Waals surface area contributed by atoms with Gasteiger partial charge in [0.05, 0.1) is 5.41 Å². The summed E-state index contributed by atoms with van der Waals surface area (Å²) in [6, 6.07) is 7.60. The predicted molar refractivity (Wildman–Crippen MR) is 77.7 cm³/mol. The van der Waals surface area contributed by atoms with Crippen molar-refractivity contribution in [2.24, 2.45) is 0 Å². The lowest BCUT2D eigenvalue weighted by atomic mass is 9.64. The van der Waals surface area contributed by atoms with Crippen LogP contribution in [0.1, 0.15) is 24.8 Å². The monoisotopic (exact) mass is 292 g/mol. The predicted octanol–water partition coefficient (Wildman–Crippen LogP) is 3.86. The average molecular weight is 293 g/mol. The number of anilines is 1. The summed E-state index contributed by atoms with van der Waals surface area (Å²) < 4.78 is 0. The van der Waals surface area contributed by atoms with Gasteiger partial charge in [-0.2, -0.15) is 0 Å². The molecule has 0 saturated heterocycles. The standard InChI is InChI=1S/C14H13ClN2OS/c15-11-4-1-3-10(9-11)14(5-2-6-14)12(18)17-13-16-7-8-19-13/h1,3-4,7-9H,2,5-6H2,(H,16,17,18). The fourth-order valence-corrected chi connectivity index (χ4v) is 3.18. The Hall–Kier alpha value is -1.39. The summed E-state index contributed by atoms with van der Waals surface area (Å²) in [5, 5.41) is 6.08. The van der Waals surface area contributed by atoms with Crippen LogP contribution in [0, 0.1) is 0 Å². The molecule has 1 N–H and O–H groups in total. The summed E-state index contributed by atoms with van der Waals surface area (Å²) in [6.45, 7) is 0. The highest BCUT2D eigenvalue weighted by molar-refractivity contribution is 7.13. The molecule has 0 radical (unpaired) electrons. The molecule has 0 unspecified atom stereocenters. The zero-order chi connectivity index (χ0) is 13.3. The second kappa shape index (κ2) is 4.94. The third-order valence-electron chi connectivity index (χ3n) is 3.67. The maximum absolute atomic E-state index is 12.5. The quantitative estimate of drug-likeness (QED) is 0.933. The molecule has 0 spiro atoms. The number of carbonyl (C=O) groups is 1. The summed E-state index contributed by atoms with van der Waals surface area (Å²) in [5.74, 6) is 0.0240. The number of nitrogens with one attached hydrogen (secondary N) is 1. The highest BCUT2D eigenvalue weighted by Gasteiger charge is 2.45. The van der Waals surface area contributed by atoms with Crippen LogP contribution in [-0.4, -0.2) is 10.9 Å². The first kappa shape index (κ1) is 12.6. The van der Waals surface area contributed by atoms with Gasteiger partial charge in [-0.15, -0.1) is 11.3 Å². The van der Waals surface area contributed by atoms with Crippen molar-refractivity contribution in [3.8, 4) is 0 Å². The molecule has 2 aromatic rings. The van der Waals surface area contributed by atoms with Gasteiger partial charge in [-0.25, -0.2) is 4.98 Å². The molecule has 19 heavy (non-hydrogen) atoms. The maximum atomic E-state index is 12.5. The Bertz CT molecular complexity index is 593.